The molecule has 4 N–H and O–H groups in total. The Morgan fingerprint density at radius 3 is 2.63 bits per heavy atom. The van der Waals surface area contributed by atoms with Crippen LogP contribution in [0, 0.1) is 0 Å². The summed E-state index contributed by atoms with van der Waals surface area (Å²) in [5.41, 5.74) is 7.58. The van der Waals surface area contributed by atoms with Gasteiger partial charge in [0.2, 0.25) is 0 Å². The van der Waals surface area contributed by atoms with Crippen molar-refractivity contribution in [3.8, 4) is 0 Å². The summed E-state index contributed by atoms with van der Waals surface area (Å²) in [6.45, 7) is 0.0816. The van der Waals surface area contributed by atoms with Gasteiger partial charge in [-0.05, 0) is 37.5 Å². The Labute approximate surface area is 113 Å². The summed E-state index contributed by atoms with van der Waals surface area (Å²) in [4.78, 5) is 13.5. The molecule has 1 saturated carbocycles. The van der Waals surface area contributed by atoms with Gasteiger partial charge in [-0.2, -0.15) is 0 Å². The van der Waals surface area contributed by atoms with Gasteiger partial charge < -0.3 is 21.1 Å². The third-order valence-corrected chi connectivity index (χ3v) is 3.72. The van der Waals surface area contributed by atoms with Crippen LogP contribution in [0.4, 0.5) is 11.4 Å². The zero-order valence-electron chi connectivity index (χ0n) is 11.4. The quantitative estimate of drug-likeness (QED) is 0.715. The second-order valence-corrected chi connectivity index (χ2v) is 5.42. The smallest absolute Gasteiger partial charge is 0.253 e. The summed E-state index contributed by atoms with van der Waals surface area (Å²) in [7, 11) is 3.43. The van der Waals surface area contributed by atoms with Crippen LogP contribution >= 0.6 is 0 Å². The van der Waals surface area contributed by atoms with Crippen LogP contribution in [-0.2, 0) is 0 Å². The number of nitrogen functional groups attached to an aromatic ring is 1. The van der Waals surface area contributed by atoms with Crippen molar-refractivity contribution in [2.45, 2.75) is 24.8 Å². The number of benzene rings is 1. The fourth-order valence-corrected chi connectivity index (χ4v) is 2.27. The highest BCUT2D eigenvalue weighted by atomic mass is 16.3. The third-order valence-electron chi connectivity index (χ3n) is 3.72. The number of nitrogens with two attached hydrogens (primary N) is 1. The van der Waals surface area contributed by atoms with E-state index in [1.54, 1.807) is 32.3 Å². The lowest BCUT2D eigenvalue weighted by molar-refractivity contribution is 0.0827. The molecule has 1 aromatic carbocycles. The highest BCUT2D eigenvalue weighted by molar-refractivity contribution is 5.96. The van der Waals surface area contributed by atoms with Gasteiger partial charge in [-0.3, -0.25) is 4.79 Å². The van der Waals surface area contributed by atoms with Crippen LogP contribution in [0.5, 0.6) is 0 Å². The van der Waals surface area contributed by atoms with Crippen molar-refractivity contribution in [2.75, 3.05) is 31.8 Å². The summed E-state index contributed by atoms with van der Waals surface area (Å²) in [6, 6.07) is 5.20. The molecule has 1 aliphatic carbocycles. The maximum absolute atomic E-state index is 11.9. The van der Waals surface area contributed by atoms with E-state index in [9.17, 15) is 9.90 Å². The van der Waals surface area contributed by atoms with Crippen LogP contribution in [0.3, 0.4) is 0 Å². The molecule has 1 amide bonds. The number of hydrogen-bond donors (Lipinski definition) is 3. The van der Waals surface area contributed by atoms with E-state index in [0.717, 1.165) is 24.9 Å². The van der Waals surface area contributed by atoms with Gasteiger partial charge in [0.15, 0.2) is 0 Å². The molecule has 2 rings (SSSR count). The van der Waals surface area contributed by atoms with E-state index in [0.29, 0.717) is 11.3 Å². The highest BCUT2D eigenvalue weighted by Gasteiger charge is 2.36. The Bertz CT molecular complexity index is 476. The molecular weight excluding hydrogens is 242 g/mol. The first-order valence-corrected chi connectivity index (χ1v) is 6.48. The second-order valence-electron chi connectivity index (χ2n) is 5.42. The fourth-order valence-electron chi connectivity index (χ4n) is 2.27. The van der Waals surface area contributed by atoms with Crippen molar-refractivity contribution in [3.63, 3.8) is 0 Å². The number of aliphatic hydroxyl groups is 1. The van der Waals surface area contributed by atoms with Gasteiger partial charge in [-0.1, -0.05) is 0 Å². The predicted molar refractivity (Wildman–Crippen MR) is 76.2 cm³/mol. The van der Waals surface area contributed by atoms with Gasteiger partial charge in [0, 0.05) is 19.7 Å². The summed E-state index contributed by atoms with van der Waals surface area (Å²) in [6.07, 6.45) is 2.95. The van der Waals surface area contributed by atoms with Crippen LogP contribution < -0.4 is 11.1 Å². The number of carbonyl (C=O) groups excluding carboxylic acids is 1. The number of anilines is 2. The van der Waals surface area contributed by atoms with Crippen molar-refractivity contribution in [3.05, 3.63) is 23.8 Å². The number of amides is 1. The molecule has 5 heteroatoms. The van der Waals surface area contributed by atoms with E-state index in [4.69, 9.17) is 5.73 Å². The van der Waals surface area contributed by atoms with E-state index in [-0.39, 0.29) is 18.1 Å². The van der Waals surface area contributed by atoms with E-state index in [2.05, 4.69) is 5.32 Å². The van der Waals surface area contributed by atoms with Gasteiger partial charge in [0.25, 0.3) is 5.91 Å². The topological polar surface area (TPSA) is 78.6 Å². The SMILES string of the molecule is CN(C)C(=O)c1ccc(N)c(NC2(CO)CCC2)c1. The number of carbonyl (C=O) groups is 1. The van der Waals surface area contributed by atoms with Crippen LogP contribution in [0.15, 0.2) is 18.2 Å². The van der Waals surface area contributed by atoms with Crippen LogP contribution in [-0.4, -0.2) is 42.2 Å². The second kappa shape index (κ2) is 5.09. The first kappa shape index (κ1) is 13.7. The largest absolute Gasteiger partial charge is 0.397 e. The molecule has 0 radical (unpaired) electrons. The molecule has 5 nitrogen and oxygen atoms in total. The molecule has 1 aliphatic rings. The molecule has 104 valence electrons. The van der Waals surface area contributed by atoms with E-state index >= 15 is 0 Å². The van der Waals surface area contributed by atoms with Crippen molar-refractivity contribution in [2.24, 2.45) is 0 Å². The van der Waals surface area contributed by atoms with E-state index in [1.807, 2.05) is 0 Å². The molecule has 0 heterocycles. The monoisotopic (exact) mass is 263 g/mol. The lowest BCUT2D eigenvalue weighted by Gasteiger charge is -2.42. The highest BCUT2D eigenvalue weighted by Crippen LogP contribution is 2.36. The first-order chi connectivity index (χ1) is 8.97. The van der Waals surface area contributed by atoms with Crippen LogP contribution in [0.1, 0.15) is 29.6 Å². The summed E-state index contributed by atoms with van der Waals surface area (Å²) >= 11 is 0. The number of rotatable bonds is 4. The average Bonchev–Trinajstić information content (AvgIpc) is 2.35. The molecule has 19 heavy (non-hydrogen) atoms. The number of aliphatic hydroxyl groups excluding tert-OH is 1. The van der Waals surface area contributed by atoms with Gasteiger partial charge in [-0.15, -0.1) is 0 Å². The molecule has 0 aliphatic heterocycles. The molecular formula is C14H21N3O2. The minimum absolute atomic E-state index is 0.0605. The van der Waals surface area contributed by atoms with E-state index in [1.165, 1.54) is 4.90 Å². The summed E-state index contributed by atoms with van der Waals surface area (Å²) < 4.78 is 0. The molecule has 0 saturated heterocycles. The minimum Gasteiger partial charge on any atom is -0.397 e. The molecule has 0 aromatic heterocycles. The molecule has 0 spiro atoms. The third kappa shape index (κ3) is 2.66. The molecule has 0 atom stereocenters. The zero-order valence-corrected chi connectivity index (χ0v) is 11.4. The number of hydrogen-bond acceptors (Lipinski definition) is 4. The average molecular weight is 263 g/mol. The van der Waals surface area contributed by atoms with E-state index < -0.39 is 0 Å². The van der Waals surface area contributed by atoms with Crippen LogP contribution in [0.25, 0.3) is 0 Å². The first-order valence-electron chi connectivity index (χ1n) is 6.48. The molecule has 1 fully saturated rings. The van der Waals surface area contributed by atoms with Crippen molar-refractivity contribution >= 4 is 17.3 Å². The molecule has 1 aromatic rings. The van der Waals surface area contributed by atoms with Gasteiger partial charge in [0.1, 0.15) is 0 Å². The van der Waals surface area contributed by atoms with Gasteiger partial charge >= 0.3 is 0 Å². The van der Waals surface area contributed by atoms with Crippen LogP contribution in [0.2, 0.25) is 0 Å². The Hall–Kier alpha value is -1.75. The van der Waals surface area contributed by atoms with Crippen molar-refractivity contribution < 1.29 is 9.90 Å². The predicted octanol–water partition coefficient (Wildman–Crippen LogP) is 1.30. The summed E-state index contributed by atoms with van der Waals surface area (Å²) in [5, 5.41) is 12.8. The Morgan fingerprint density at radius 1 is 1.47 bits per heavy atom. The fraction of sp³-hybridized carbons (Fsp3) is 0.500. The van der Waals surface area contributed by atoms with Gasteiger partial charge in [0.05, 0.1) is 23.5 Å². The minimum atomic E-state index is -0.270. The Kier molecular flexibility index (Phi) is 3.66. The molecule has 0 bridgehead atoms. The maximum Gasteiger partial charge on any atom is 0.253 e. The lowest BCUT2D eigenvalue weighted by atomic mass is 9.77. The number of nitrogens with zero attached hydrogens (tertiary/aromatic N) is 1. The zero-order chi connectivity index (χ0) is 14.0. The normalized spacial score (nSPS) is 16.6. The van der Waals surface area contributed by atoms with Gasteiger partial charge in [-0.25, -0.2) is 0 Å². The van der Waals surface area contributed by atoms with Crippen molar-refractivity contribution in [1.29, 1.82) is 0 Å². The Morgan fingerprint density at radius 2 is 2.16 bits per heavy atom. The Balaban J connectivity index is 2.25. The number of nitrogens with one attached hydrogen (secondary N) is 1. The lowest BCUT2D eigenvalue weighted by Crippen LogP contribution is -2.48. The summed E-state index contributed by atoms with van der Waals surface area (Å²) in [5.74, 6) is -0.0605. The maximum atomic E-state index is 11.9. The van der Waals surface area contributed by atoms with Crippen molar-refractivity contribution in [1.82, 2.24) is 4.90 Å². The standard InChI is InChI=1S/C14H21N3O2/c1-17(2)13(19)10-4-5-11(15)12(8-10)16-14(9-18)6-3-7-14/h4-5,8,16,18H,3,6-7,9,15H2,1-2H3. The molecule has 0 unspecified atom stereocenters.